The van der Waals surface area contributed by atoms with Crippen LogP contribution in [-0.4, -0.2) is 6.36 Å². The quantitative estimate of drug-likeness (QED) is 0.757. The van der Waals surface area contributed by atoms with Crippen molar-refractivity contribution in [2.45, 2.75) is 19.1 Å². The summed E-state index contributed by atoms with van der Waals surface area (Å²) >= 11 is 0. The van der Waals surface area contributed by atoms with Crippen molar-refractivity contribution in [3.05, 3.63) is 53.6 Å². The SMILES string of the molecule is Cl.NCc1ccc(-c2cccc(C(F)(F)F)c2)cc1OC(F)(F)F. The van der Waals surface area contributed by atoms with E-state index in [-0.39, 0.29) is 35.6 Å². The molecule has 132 valence electrons. The molecule has 0 aliphatic carbocycles. The summed E-state index contributed by atoms with van der Waals surface area (Å²) in [5, 5.41) is 0. The minimum atomic E-state index is -4.92. The largest absolute Gasteiger partial charge is 0.573 e. The van der Waals surface area contributed by atoms with Crippen molar-refractivity contribution in [2.75, 3.05) is 0 Å². The Balaban J connectivity index is 0.00000288. The molecule has 2 aromatic carbocycles. The summed E-state index contributed by atoms with van der Waals surface area (Å²) in [7, 11) is 0. The Hall–Kier alpha value is -1.93. The van der Waals surface area contributed by atoms with E-state index in [0.717, 1.165) is 18.2 Å². The predicted molar refractivity (Wildman–Crippen MR) is 78.7 cm³/mol. The van der Waals surface area contributed by atoms with Gasteiger partial charge in [-0.1, -0.05) is 24.3 Å². The number of hydrogen-bond donors (Lipinski definition) is 1. The lowest BCUT2D eigenvalue weighted by Gasteiger charge is -2.14. The average Bonchev–Trinajstić information content (AvgIpc) is 2.45. The van der Waals surface area contributed by atoms with Gasteiger partial charge in [-0.15, -0.1) is 25.6 Å². The normalized spacial score (nSPS) is 11.8. The number of alkyl halides is 6. The number of benzene rings is 2. The zero-order valence-corrected chi connectivity index (χ0v) is 12.7. The van der Waals surface area contributed by atoms with Gasteiger partial charge in [0.2, 0.25) is 0 Å². The molecule has 0 saturated heterocycles. The van der Waals surface area contributed by atoms with Gasteiger partial charge in [-0.25, -0.2) is 0 Å². The third kappa shape index (κ3) is 5.04. The molecule has 0 saturated carbocycles. The van der Waals surface area contributed by atoms with Crippen LogP contribution < -0.4 is 10.5 Å². The fourth-order valence-electron chi connectivity index (χ4n) is 2.00. The molecule has 0 fully saturated rings. The average molecular weight is 372 g/mol. The maximum Gasteiger partial charge on any atom is 0.573 e. The molecule has 0 bridgehead atoms. The van der Waals surface area contributed by atoms with Gasteiger partial charge in [0.05, 0.1) is 5.56 Å². The molecule has 0 unspecified atom stereocenters. The Bertz CT molecular complexity index is 699. The van der Waals surface area contributed by atoms with Crippen molar-refractivity contribution >= 4 is 12.4 Å². The smallest absolute Gasteiger partial charge is 0.405 e. The van der Waals surface area contributed by atoms with Gasteiger partial charge in [-0.2, -0.15) is 13.2 Å². The topological polar surface area (TPSA) is 35.2 Å². The summed E-state index contributed by atoms with van der Waals surface area (Å²) in [5.74, 6) is -0.532. The molecule has 2 rings (SSSR count). The van der Waals surface area contributed by atoms with E-state index in [0.29, 0.717) is 0 Å². The molecule has 0 atom stereocenters. The Morgan fingerprint density at radius 1 is 0.875 bits per heavy atom. The van der Waals surface area contributed by atoms with E-state index in [9.17, 15) is 26.3 Å². The van der Waals surface area contributed by atoms with Crippen LogP contribution >= 0.6 is 12.4 Å². The third-order valence-electron chi connectivity index (χ3n) is 3.04. The first-order chi connectivity index (χ1) is 10.6. The summed E-state index contributed by atoms with van der Waals surface area (Å²) in [6, 6.07) is 7.98. The Morgan fingerprint density at radius 3 is 2.04 bits per heavy atom. The molecule has 24 heavy (non-hydrogen) atoms. The molecule has 2 aromatic rings. The van der Waals surface area contributed by atoms with E-state index in [4.69, 9.17) is 5.73 Å². The molecule has 0 aliphatic rings. The fraction of sp³-hybridized carbons (Fsp3) is 0.200. The lowest BCUT2D eigenvalue weighted by atomic mass is 10.0. The molecule has 2 nitrogen and oxygen atoms in total. The van der Waals surface area contributed by atoms with Gasteiger partial charge >= 0.3 is 12.5 Å². The highest BCUT2D eigenvalue weighted by atomic mass is 35.5. The number of ether oxygens (including phenoxy) is 1. The number of hydrogen-bond acceptors (Lipinski definition) is 2. The zero-order valence-electron chi connectivity index (χ0n) is 11.9. The van der Waals surface area contributed by atoms with Gasteiger partial charge < -0.3 is 10.5 Å². The van der Waals surface area contributed by atoms with Crippen LogP contribution in [0.3, 0.4) is 0 Å². The number of rotatable bonds is 3. The zero-order chi connectivity index (χ0) is 17.3. The summed E-state index contributed by atoms with van der Waals surface area (Å²) < 4.78 is 79.2. The van der Waals surface area contributed by atoms with E-state index in [2.05, 4.69) is 4.74 Å². The molecule has 0 aliphatic heterocycles. The molecule has 0 aromatic heterocycles. The van der Waals surface area contributed by atoms with Crippen molar-refractivity contribution in [3.63, 3.8) is 0 Å². The standard InChI is InChI=1S/C15H11F6NO.ClH/c16-14(17,18)12-3-1-2-9(6-12)10-4-5-11(8-22)13(7-10)23-15(19,20)21;/h1-7H,8,22H2;1H. The lowest BCUT2D eigenvalue weighted by molar-refractivity contribution is -0.274. The van der Waals surface area contributed by atoms with Gasteiger partial charge in [0.1, 0.15) is 5.75 Å². The summed E-state index contributed by atoms with van der Waals surface area (Å²) in [4.78, 5) is 0. The maximum absolute atomic E-state index is 12.7. The number of halogens is 7. The highest BCUT2D eigenvalue weighted by Gasteiger charge is 2.32. The van der Waals surface area contributed by atoms with Crippen LogP contribution in [0, 0.1) is 0 Å². The first kappa shape index (κ1) is 20.1. The van der Waals surface area contributed by atoms with Gasteiger partial charge in [0.25, 0.3) is 0 Å². The van der Waals surface area contributed by atoms with Gasteiger partial charge in [0.15, 0.2) is 0 Å². The second-order valence-corrected chi connectivity index (χ2v) is 4.65. The first-order valence-corrected chi connectivity index (χ1v) is 6.36. The summed E-state index contributed by atoms with van der Waals surface area (Å²) in [6.07, 6.45) is -9.46. The highest BCUT2D eigenvalue weighted by molar-refractivity contribution is 5.85. The van der Waals surface area contributed by atoms with E-state index >= 15 is 0 Å². The van der Waals surface area contributed by atoms with Gasteiger partial charge in [-0.3, -0.25) is 0 Å². The molecule has 0 spiro atoms. The Morgan fingerprint density at radius 2 is 1.50 bits per heavy atom. The van der Waals surface area contributed by atoms with Crippen LogP contribution in [0.4, 0.5) is 26.3 Å². The molecule has 0 radical (unpaired) electrons. The lowest BCUT2D eigenvalue weighted by Crippen LogP contribution is -2.18. The van der Waals surface area contributed by atoms with Gasteiger partial charge in [0, 0.05) is 12.1 Å². The van der Waals surface area contributed by atoms with Crippen molar-refractivity contribution in [3.8, 4) is 16.9 Å². The van der Waals surface area contributed by atoms with E-state index in [1.165, 1.54) is 24.3 Å². The van der Waals surface area contributed by atoms with Crippen LogP contribution in [0.2, 0.25) is 0 Å². The molecule has 0 amide bonds. The molecular formula is C15H12ClF6NO. The molecule has 0 heterocycles. The monoisotopic (exact) mass is 371 g/mol. The van der Waals surface area contributed by atoms with Crippen LogP contribution in [0.15, 0.2) is 42.5 Å². The second-order valence-electron chi connectivity index (χ2n) is 4.65. The van der Waals surface area contributed by atoms with E-state index in [1.54, 1.807) is 0 Å². The van der Waals surface area contributed by atoms with Gasteiger partial charge in [-0.05, 0) is 29.3 Å². The minimum absolute atomic E-state index is 0. The Labute approximate surface area is 139 Å². The predicted octanol–water partition coefficient (Wildman–Crippen LogP) is 5.15. The maximum atomic E-state index is 12.7. The van der Waals surface area contributed by atoms with Crippen molar-refractivity contribution in [2.24, 2.45) is 5.73 Å². The second kappa shape index (κ2) is 7.31. The van der Waals surface area contributed by atoms with Crippen LogP contribution in [0.25, 0.3) is 11.1 Å². The van der Waals surface area contributed by atoms with E-state index < -0.39 is 23.9 Å². The van der Waals surface area contributed by atoms with Crippen molar-refractivity contribution in [1.29, 1.82) is 0 Å². The Kier molecular flexibility index (Phi) is 6.13. The molecular weight excluding hydrogens is 360 g/mol. The minimum Gasteiger partial charge on any atom is -0.405 e. The molecule has 2 N–H and O–H groups in total. The van der Waals surface area contributed by atoms with Crippen LogP contribution in [0.5, 0.6) is 5.75 Å². The van der Waals surface area contributed by atoms with Crippen molar-refractivity contribution < 1.29 is 31.1 Å². The first-order valence-electron chi connectivity index (χ1n) is 6.36. The van der Waals surface area contributed by atoms with Crippen molar-refractivity contribution in [1.82, 2.24) is 0 Å². The van der Waals surface area contributed by atoms with Crippen LogP contribution in [-0.2, 0) is 12.7 Å². The fourth-order valence-corrected chi connectivity index (χ4v) is 2.00. The summed E-state index contributed by atoms with van der Waals surface area (Å²) in [5.41, 5.74) is 4.83. The van der Waals surface area contributed by atoms with Crippen LogP contribution in [0.1, 0.15) is 11.1 Å². The van der Waals surface area contributed by atoms with E-state index in [1.807, 2.05) is 0 Å². The number of nitrogens with two attached hydrogens (primary N) is 1. The summed E-state index contributed by atoms with van der Waals surface area (Å²) in [6.45, 7) is -0.200. The third-order valence-corrected chi connectivity index (χ3v) is 3.04. The highest BCUT2D eigenvalue weighted by Crippen LogP contribution is 2.35. The molecule has 9 heteroatoms.